The van der Waals surface area contributed by atoms with E-state index in [9.17, 15) is 13.2 Å². The predicted molar refractivity (Wildman–Crippen MR) is 99.6 cm³/mol. The van der Waals surface area contributed by atoms with Gasteiger partial charge in [-0.3, -0.25) is 4.79 Å². The first-order valence-electron chi connectivity index (χ1n) is 8.47. The van der Waals surface area contributed by atoms with E-state index < -0.39 is 9.84 Å². The second-order valence-electron chi connectivity index (χ2n) is 7.50. The lowest BCUT2D eigenvalue weighted by molar-refractivity contribution is -0.111. The van der Waals surface area contributed by atoms with Crippen molar-refractivity contribution in [2.75, 3.05) is 16.8 Å². The van der Waals surface area contributed by atoms with E-state index >= 15 is 0 Å². The maximum Gasteiger partial charge on any atom is 0.249 e. The Morgan fingerprint density at radius 2 is 2.19 bits per heavy atom. The number of hydrogen-bond acceptors (Lipinski definition) is 5. The third kappa shape index (κ3) is 4.24. The molecule has 3 rings (SSSR count). The maximum absolute atomic E-state index is 12.3. The number of hydrogen-bond donors (Lipinski definition) is 1. The number of sulfone groups is 1. The number of aromatic nitrogens is 2. The van der Waals surface area contributed by atoms with Crippen molar-refractivity contribution >= 4 is 27.6 Å². The number of nitrogens with zero attached hydrogens (tertiary/aromatic N) is 2. The molecule has 0 radical (unpaired) electrons. The Bertz CT molecular complexity index is 918. The van der Waals surface area contributed by atoms with Gasteiger partial charge in [0, 0.05) is 17.6 Å². The number of anilines is 1. The molecule has 0 aliphatic carbocycles. The van der Waals surface area contributed by atoms with Gasteiger partial charge in [0.1, 0.15) is 11.6 Å². The number of furan rings is 1. The summed E-state index contributed by atoms with van der Waals surface area (Å²) in [5.74, 6) is 0.943. The van der Waals surface area contributed by atoms with Crippen molar-refractivity contribution in [1.82, 2.24) is 9.78 Å². The molecule has 1 N–H and O–H groups in total. The largest absolute Gasteiger partial charge is 0.465 e. The summed E-state index contributed by atoms with van der Waals surface area (Å²) < 4.78 is 30.5. The number of carbonyl (C=O) groups is 1. The first-order chi connectivity index (χ1) is 12.1. The summed E-state index contributed by atoms with van der Waals surface area (Å²) in [5.41, 5.74) is 0.582. The fourth-order valence-corrected chi connectivity index (χ4v) is 4.50. The van der Waals surface area contributed by atoms with Crippen molar-refractivity contribution in [3.63, 3.8) is 0 Å². The van der Waals surface area contributed by atoms with E-state index in [1.165, 1.54) is 12.3 Å². The normalized spacial score (nSPS) is 19.9. The summed E-state index contributed by atoms with van der Waals surface area (Å²) in [6, 6.07) is 5.03. The molecule has 0 aromatic carbocycles. The van der Waals surface area contributed by atoms with Crippen LogP contribution in [-0.4, -0.2) is 35.6 Å². The minimum atomic E-state index is -3.05. The summed E-state index contributed by atoms with van der Waals surface area (Å²) >= 11 is 0. The van der Waals surface area contributed by atoms with E-state index in [4.69, 9.17) is 4.42 Å². The Balaban J connectivity index is 1.85. The number of rotatable bonds is 4. The van der Waals surface area contributed by atoms with E-state index in [-0.39, 0.29) is 28.9 Å². The van der Waals surface area contributed by atoms with Gasteiger partial charge in [-0.05, 0) is 24.6 Å². The van der Waals surface area contributed by atoms with Crippen LogP contribution in [-0.2, 0) is 20.0 Å². The molecule has 2 aromatic heterocycles. The van der Waals surface area contributed by atoms with Gasteiger partial charge in [-0.25, -0.2) is 13.1 Å². The lowest BCUT2D eigenvalue weighted by Crippen LogP contribution is -2.19. The highest BCUT2D eigenvalue weighted by Gasteiger charge is 2.32. The van der Waals surface area contributed by atoms with Crippen LogP contribution in [0.1, 0.15) is 44.7 Å². The van der Waals surface area contributed by atoms with Crippen LogP contribution in [0.2, 0.25) is 0 Å². The minimum absolute atomic E-state index is 0.0450. The molecule has 1 aliphatic heterocycles. The summed E-state index contributed by atoms with van der Waals surface area (Å²) in [7, 11) is -3.05. The highest BCUT2D eigenvalue weighted by molar-refractivity contribution is 7.91. The summed E-state index contributed by atoms with van der Waals surface area (Å²) in [6.45, 7) is 6.06. The summed E-state index contributed by atoms with van der Waals surface area (Å²) in [6.07, 6.45) is 4.97. The molecule has 3 heterocycles. The molecule has 26 heavy (non-hydrogen) atoms. The quantitative estimate of drug-likeness (QED) is 0.827. The molecule has 2 aromatic rings. The first-order valence-corrected chi connectivity index (χ1v) is 10.3. The van der Waals surface area contributed by atoms with E-state index in [1.54, 1.807) is 22.9 Å². The topological polar surface area (TPSA) is 94.2 Å². The van der Waals surface area contributed by atoms with Crippen LogP contribution in [0.15, 0.2) is 35.0 Å². The smallest absolute Gasteiger partial charge is 0.249 e. The zero-order valence-corrected chi connectivity index (χ0v) is 15.9. The first kappa shape index (κ1) is 18.4. The van der Waals surface area contributed by atoms with Crippen molar-refractivity contribution in [2.45, 2.75) is 38.6 Å². The van der Waals surface area contributed by atoms with Crippen molar-refractivity contribution in [2.24, 2.45) is 0 Å². The van der Waals surface area contributed by atoms with Crippen molar-refractivity contribution in [3.8, 4) is 0 Å². The van der Waals surface area contributed by atoms with E-state index in [1.807, 2.05) is 26.8 Å². The fraction of sp³-hybridized carbons (Fsp3) is 0.444. The van der Waals surface area contributed by atoms with Gasteiger partial charge in [0.2, 0.25) is 5.91 Å². The second kappa shape index (κ2) is 6.75. The van der Waals surface area contributed by atoms with Crippen LogP contribution in [0.4, 0.5) is 5.82 Å². The number of amides is 1. The molecule has 0 saturated carbocycles. The van der Waals surface area contributed by atoms with Gasteiger partial charge in [0.05, 0.1) is 29.5 Å². The van der Waals surface area contributed by atoms with Crippen molar-refractivity contribution in [1.29, 1.82) is 0 Å². The van der Waals surface area contributed by atoms with Crippen LogP contribution < -0.4 is 5.32 Å². The Hall–Kier alpha value is -2.35. The van der Waals surface area contributed by atoms with E-state index in [0.717, 1.165) is 5.69 Å². The molecule has 0 spiro atoms. The van der Waals surface area contributed by atoms with Gasteiger partial charge in [0.25, 0.3) is 0 Å². The number of nitrogens with one attached hydrogen (secondary N) is 1. The molecular formula is C18H23N3O4S. The molecule has 8 heteroatoms. The Morgan fingerprint density at radius 1 is 1.42 bits per heavy atom. The summed E-state index contributed by atoms with van der Waals surface area (Å²) in [5, 5.41) is 7.39. The van der Waals surface area contributed by atoms with Crippen LogP contribution in [0.5, 0.6) is 0 Å². The van der Waals surface area contributed by atoms with E-state index in [2.05, 4.69) is 10.4 Å². The molecule has 1 aliphatic rings. The Kier molecular flexibility index (Phi) is 4.79. The predicted octanol–water partition coefficient (Wildman–Crippen LogP) is 2.79. The highest BCUT2D eigenvalue weighted by atomic mass is 32.2. The molecular weight excluding hydrogens is 354 g/mol. The SMILES string of the molecule is CC(C)(C)c1cc(NC(=O)C=Cc2ccco2)n(C2CCS(=O)(=O)C2)n1. The highest BCUT2D eigenvalue weighted by Crippen LogP contribution is 2.30. The average Bonchev–Trinajstić information content (AvgIpc) is 3.24. The van der Waals surface area contributed by atoms with Gasteiger partial charge >= 0.3 is 0 Å². The Labute approximate surface area is 153 Å². The minimum Gasteiger partial charge on any atom is -0.465 e. The standard InChI is InChI=1S/C18H23N3O4S/c1-18(2,3)15-11-16(19-17(22)7-6-14-5-4-9-25-14)21(20-15)13-8-10-26(23,24)12-13/h4-7,9,11,13H,8,10,12H2,1-3H3,(H,19,22). The lowest BCUT2D eigenvalue weighted by Gasteiger charge is -2.15. The Morgan fingerprint density at radius 3 is 2.77 bits per heavy atom. The van der Waals surface area contributed by atoms with Crippen molar-refractivity contribution in [3.05, 3.63) is 42.0 Å². The van der Waals surface area contributed by atoms with Crippen LogP contribution in [0.25, 0.3) is 6.08 Å². The van der Waals surface area contributed by atoms with Crippen molar-refractivity contribution < 1.29 is 17.6 Å². The third-order valence-corrected chi connectivity index (χ3v) is 6.00. The molecule has 0 bridgehead atoms. The van der Waals surface area contributed by atoms with E-state index in [0.29, 0.717) is 18.0 Å². The second-order valence-corrected chi connectivity index (χ2v) is 9.73. The van der Waals surface area contributed by atoms with Gasteiger partial charge in [-0.15, -0.1) is 0 Å². The average molecular weight is 377 g/mol. The van der Waals surface area contributed by atoms with Crippen LogP contribution >= 0.6 is 0 Å². The molecule has 1 saturated heterocycles. The van der Waals surface area contributed by atoms with Gasteiger partial charge in [-0.2, -0.15) is 5.10 Å². The van der Waals surface area contributed by atoms with Crippen LogP contribution in [0, 0.1) is 0 Å². The zero-order chi connectivity index (χ0) is 18.9. The maximum atomic E-state index is 12.3. The van der Waals surface area contributed by atoms with Gasteiger partial charge < -0.3 is 9.73 Å². The molecule has 140 valence electrons. The summed E-state index contributed by atoms with van der Waals surface area (Å²) in [4.78, 5) is 12.3. The van der Waals surface area contributed by atoms with Gasteiger partial charge in [-0.1, -0.05) is 20.8 Å². The third-order valence-electron chi connectivity index (χ3n) is 4.25. The lowest BCUT2D eigenvalue weighted by atomic mass is 9.92. The molecule has 1 amide bonds. The molecule has 1 atom stereocenters. The van der Waals surface area contributed by atoms with Gasteiger partial charge in [0.15, 0.2) is 9.84 Å². The molecule has 1 fully saturated rings. The number of carbonyl (C=O) groups excluding carboxylic acids is 1. The molecule has 7 nitrogen and oxygen atoms in total. The monoisotopic (exact) mass is 377 g/mol. The fourth-order valence-electron chi connectivity index (χ4n) is 2.81. The molecule has 1 unspecified atom stereocenters. The van der Waals surface area contributed by atoms with Crippen LogP contribution in [0.3, 0.4) is 0 Å². The zero-order valence-electron chi connectivity index (χ0n) is 15.1.